The Bertz CT molecular complexity index is 1270. The fraction of sp³-hybridized carbons (Fsp3) is 0.259. The zero-order valence-electron chi connectivity index (χ0n) is 19.4. The van der Waals surface area contributed by atoms with Crippen molar-refractivity contribution in [2.45, 2.75) is 19.4 Å². The molecular formula is C27H26ClFN4O2. The molecule has 2 heterocycles. The summed E-state index contributed by atoms with van der Waals surface area (Å²) in [6.07, 6.45) is -0.0619. The van der Waals surface area contributed by atoms with Crippen LogP contribution in [0.4, 0.5) is 21.5 Å². The zero-order valence-corrected chi connectivity index (χ0v) is 20.1. The number of aryl methyl sites for hydroxylation is 1. The highest BCUT2D eigenvalue weighted by Crippen LogP contribution is 2.42. The molecule has 0 aromatic heterocycles. The summed E-state index contributed by atoms with van der Waals surface area (Å²) in [6.45, 7) is 4.85. The molecule has 1 atom stereocenters. The lowest BCUT2D eigenvalue weighted by Crippen LogP contribution is -2.55. The van der Waals surface area contributed by atoms with Gasteiger partial charge < -0.3 is 19.8 Å². The van der Waals surface area contributed by atoms with Crippen LogP contribution < -0.4 is 9.80 Å². The summed E-state index contributed by atoms with van der Waals surface area (Å²) in [4.78, 5) is 23.5. The zero-order chi connectivity index (χ0) is 24.5. The summed E-state index contributed by atoms with van der Waals surface area (Å²) >= 11 is 6.24. The predicted molar refractivity (Wildman–Crippen MR) is 137 cm³/mol. The number of carbonyl (C=O) groups is 1. The highest BCUT2D eigenvalue weighted by atomic mass is 35.5. The van der Waals surface area contributed by atoms with Gasteiger partial charge >= 0.3 is 5.97 Å². The largest absolute Gasteiger partial charge is 0.481 e. The topological polar surface area (TPSA) is 59.4 Å². The van der Waals surface area contributed by atoms with Gasteiger partial charge in [0.2, 0.25) is 5.96 Å². The Kier molecular flexibility index (Phi) is 6.34. The first-order valence-corrected chi connectivity index (χ1v) is 12.0. The third-order valence-electron chi connectivity index (χ3n) is 6.58. The van der Waals surface area contributed by atoms with Gasteiger partial charge in [0.05, 0.1) is 18.2 Å². The van der Waals surface area contributed by atoms with E-state index in [1.807, 2.05) is 49.4 Å². The average molecular weight is 493 g/mol. The molecule has 3 aromatic rings. The summed E-state index contributed by atoms with van der Waals surface area (Å²) < 4.78 is 13.4. The number of benzene rings is 3. The molecule has 6 nitrogen and oxygen atoms in total. The molecule has 0 bridgehead atoms. The summed E-state index contributed by atoms with van der Waals surface area (Å²) in [5.74, 6) is -0.385. The van der Waals surface area contributed by atoms with Crippen LogP contribution in [0.5, 0.6) is 0 Å². The minimum absolute atomic E-state index is 0.0619. The van der Waals surface area contributed by atoms with Crippen molar-refractivity contribution in [1.82, 2.24) is 4.90 Å². The number of rotatable bonds is 4. The van der Waals surface area contributed by atoms with Crippen LogP contribution in [-0.4, -0.2) is 48.1 Å². The predicted octanol–water partition coefficient (Wildman–Crippen LogP) is 5.63. The van der Waals surface area contributed by atoms with Gasteiger partial charge in [-0.1, -0.05) is 29.8 Å². The second-order valence-corrected chi connectivity index (χ2v) is 9.27. The molecule has 0 amide bonds. The van der Waals surface area contributed by atoms with Gasteiger partial charge in [0.15, 0.2) is 0 Å². The number of para-hydroxylation sites is 1. The molecule has 0 saturated carbocycles. The van der Waals surface area contributed by atoms with Crippen molar-refractivity contribution in [3.05, 3.63) is 88.7 Å². The van der Waals surface area contributed by atoms with Gasteiger partial charge in [0, 0.05) is 48.1 Å². The summed E-state index contributed by atoms with van der Waals surface area (Å²) in [7, 11) is 0. The van der Waals surface area contributed by atoms with Gasteiger partial charge in [0.1, 0.15) is 5.82 Å². The first kappa shape index (κ1) is 23.2. The molecule has 0 aliphatic carbocycles. The molecule has 0 radical (unpaired) electrons. The van der Waals surface area contributed by atoms with Crippen molar-refractivity contribution in [3.8, 4) is 0 Å². The van der Waals surface area contributed by atoms with Crippen LogP contribution >= 0.6 is 11.6 Å². The lowest BCUT2D eigenvalue weighted by Gasteiger charge is -2.45. The highest BCUT2D eigenvalue weighted by molar-refractivity contribution is 6.30. The average Bonchev–Trinajstić information content (AvgIpc) is 2.85. The quantitative estimate of drug-likeness (QED) is 0.511. The van der Waals surface area contributed by atoms with Crippen LogP contribution in [-0.2, 0) is 4.79 Å². The molecule has 1 N–H and O–H groups in total. The molecule has 3 aromatic carbocycles. The highest BCUT2D eigenvalue weighted by Gasteiger charge is 2.36. The van der Waals surface area contributed by atoms with Gasteiger partial charge in [0.25, 0.3) is 0 Å². The van der Waals surface area contributed by atoms with Crippen LogP contribution in [0.2, 0.25) is 5.02 Å². The number of hydrogen-bond donors (Lipinski definition) is 1. The third kappa shape index (κ3) is 4.68. The maximum absolute atomic E-state index is 13.4. The maximum atomic E-state index is 13.4. The number of carboxylic acids is 1. The van der Waals surface area contributed by atoms with Crippen molar-refractivity contribution in [2.75, 3.05) is 36.0 Å². The van der Waals surface area contributed by atoms with Crippen molar-refractivity contribution >= 4 is 40.6 Å². The van der Waals surface area contributed by atoms with Gasteiger partial charge in [-0.05, 0) is 61.0 Å². The summed E-state index contributed by atoms with van der Waals surface area (Å²) in [6, 6.07) is 19.5. The van der Waals surface area contributed by atoms with Gasteiger partial charge in [-0.3, -0.25) is 4.79 Å². The Morgan fingerprint density at radius 2 is 1.71 bits per heavy atom. The van der Waals surface area contributed by atoms with E-state index in [0.717, 1.165) is 47.2 Å². The fourth-order valence-electron chi connectivity index (χ4n) is 4.88. The first-order valence-electron chi connectivity index (χ1n) is 11.6. The molecule has 0 spiro atoms. The van der Waals surface area contributed by atoms with E-state index < -0.39 is 12.0 Å². The lowest BCUT2D eigenvalue weighted by molar-refractivity contribution is -0.137. The van der Waals surface area contributed by atoms with Crippen molar-refractivity contribution in [2.24, 2.45) is 4.99 Å². The third-order valence-corrected chi connectivity index (χ3v) is 6.82. The molecule has 8 heteroatoms. The van der Waals surface area contributed by atoms with Crippen molar-refractivity contribution < 1.29 is 14.3 Å². The number of guanidine groups is 1. The molecular weight excluding hydrogens is 467 g/mol. The molecule has 180 valence electrons. The summed E-state index contributed by atoms with van der Waals surface area (Å²) in [5.41, 5.74) is 4.49. The molecule has 35 heavy (non-hydrogen) atoms. The van der Waals surface area contributed by atoms with Crippen molar-refractivity contribution in [3.63, 3.8) is 0 Å². The van der Waals surface area contributed by atoms with Crippen LogP contribution in [0.1, 0.15) is 23.6 Å². The molecule has 5 rings (SSSR count). The molecule has 1 saturated heterocycles. The minimum atomic E-state index is -0.871. The van der Waals surface area contributed by atoms with E-state index in [4.69, 9.17) is 16.6 Å². The Hall–Kier alpha value is -3.58. The van der Waals surface area contributed by atoms with E-state index in [-0.39, 0.29) is 12.2 Å². The Morgan fingerprint density at radius 1 is 1.03 bits per heavy atom. The molecule has 2 aliphatic rings. The number of anilines is 2. The normalized spacial score (nSPS) is 17.7. The van der Waals surface area contributed by atoms with E-state index in [2.05, 4.69) is 14.7 Å². The smallest absolute Gasteiger partial charge is 0.305 e. The van der Waals surface area contributed by atoms with Gasteiger partial charge in [-0.2, -0.15) is 0 Å². The summed E-state index contributed by atoms with van der Waals surface area (Å²) in [5, 5.41) is 10.4. The number of piperazine rings is 1. The van der Waals surface area contributed by atoms with Gasteiger partial charge in [-0.25, -0.2) is 9.38 Å². The monoisotopic (exact) mass is 492 g/mol. The number of nitrogens with zero attached hydrogens (tertiary/aromatic N) is 4. The number of carboxylic acid groups (broad SMARTS) is 1. The second kappa shape index (κ2) is 9.58. The number of fused-ring (bicyclic) bond motifs is 1. The van der Waals surface area contributed by atoms with E-state index in [1.165, 1.54) is 12.1 Å². The standard InChI is InChI=1S/C27H26ClFN4O2/c1-18-16-19(28)6-11-24(18)33-25(17-26(34)35)22-4-2-3-5-23(22)30-27(33)32-14-12-31(13-15-32)21-9-7-20(29)8-10-21/h2-11,16,25H,12-15,17H2,1H3,(H,34,35). The fourth-order valence-corrected chi connectivity index (χ4v) is 5.11. The van der Waals surface area contributed by atoms with E-state index in [1.54, 1.807) is 12.1 Å². The van der Waals surface area contributed by atoms with E-state index in [0.29, 0.717) is 18.1 Å². The second-order valence-electron chi connectivity index (χ2n) is 8.84. The molecule has 1 unspecified atom stereocenters. The first-order chi connectivity index (χ1) is 16.9. The molecule has 2 aliphatic heterocycles. The van der Waals surface area contributed by atoms with Crippen LogP contribution in [0.25, 0.3) is 0 Å². The number of hydrogen-bond acceptors (Lipinski definition) is 5. The molecule has 1 fully saturated rings. The number of aliphatic imine (C=N–C) groups is 1. The van der Waals surface area contributed by atoms with E-state index >= 15 is 0 Å². The Balaban J connectivity index is 1.52. The number of aliphatic carboxylic acids is 1. The Morgan fingerprint density at radius 3 is 2.40 bits per heavy atom. The number of halogens is 2. The van der Waals surface area contributed by atoms with Crippen molar-refractivity contribution in [1.29, 1.82) is 0 Å². The lowest BCUT2D eigenvalue weighted by atomic mass is 9.97. The van der Waals surface area contributed by atoms with E-state index in [9.17, 15) is 14.3 Å². The Labute approximate surface area is 208 Å². The van der Waals surface area contributed by atoms with Crippen LogP contribution in [0, 0.1) is 12.7 Å². The van der Waals surface area contributed by atoms with Gasteiger partial charge in [-0.15, -0.1) is 0 Å². The van der Waals surface area contributed by atoms with Crippen LogP contribution in [0.3, 0.4) is 0 Å². The SMILES string of the molecule is Cc1cc(Cl)ccc1N1C(N2CCN(c3ccc(F)cc3)CC2)=Nc2ccccc2C1CC(=O)O. The maximum Gasteiger partial charge on any atom is 0.305 e. The minimum Gasteiger partial charge on any atom is -0.481 e. The van der Waals surface area contributed by atoms with Crippen LogP contribution in [0.15, 0.2) is 71.7 Å².